The Labute approximate surface area is 219 Å². The number of rotatable bonds is 8. The van der Waals surface area contributed by atoms with Crippen LogP contribution in [-0.2, 0) is 0 Å². The first-order valence-electron chi connectivity index (χ1n) is 11.8. The normalized spacial score (nSPS) is 10.7. The van der Waals surface area contributed by atoms with Gasteiger partial charge in [0.25, 0.3) is 5.91 Å². The van der Waals surface area contributed by atoms with Gasteiger partial charge in [-0.25, -0.2) is 0 Å². The van der Waals surface area contributed by atoms with Crippen LogP contribution in [0.15, 0.2) is 79.0 Å². The Bertz CT molecular complexity index is 1650. The van der Waals surface area contributed by atoms with E-state index in [1.807, 2.05) is 54.6 Å². The number of fused-ring (bicyclic) bond motifs is 2. The lowest BCUT2D eigenvalue weighted by Gasteiger charge is -2.13. The molecule has 5 rings (SSSR count). The quantitative estimate of drug-likeness (QED) is 0.256. The summed E-state index contributed by atoms with van der Waals surface area (Å²) in [5.41, 5.74) is 1.81. The minimum Gasteiger partial charge on any atom is -0.497 e. The average molecular weight is 511 g/mol. The largest absolute Gasteiger partial charge is 0.497 e. The summed E-state index contributed by atoms with van der Waals surface area (Å²) in [6.45, 7) is 0. The van der Waals surface area contributed by atoms with Gasteiger partial charge in [-0.05, 0) is 59.3 Å². The van der Waals surface area contributed by atoms with E-state index in [-0.39, 0.29) is 5.91 Å². The number of anilines is 1. The molecule has 1 N–H and O–H groups in total. The van der Waals surface area contributed by atoms with Crippen molar-refractivity contribution in [3.05, 3.63) is 84.6 Å². The molecular weight excluding hydrogens is 484 g/mol. The highest BCUT2D eigenvalue weighted by molar-refractivity contribution is 6.07. The van der Waals surface area contributed by atoms with Crippen molar-refractivity contribution in [2.45, 2.75) is 0 Å². The van der Waals surface area contributed by atoms with Gasteiger partial charge < -0.3 is 29.0 Å². The Hall–Kier alpha value is -4.98. The Morgan fingerprint density at radius 2 is 1.37 bits per heavy atom. The molecule has 1 heterocycles. The summed E-state index contributed by atoms with van der Waals surface area (Å²) >= 11 is 0. The predicted octanol–water partition coefficient (Wildman–Crippen LogP) is 6.47. The molecule has 0 spiro atoms. The lowest BCUT2D eigenvalue weighted by atomic mass is 10.1. The van der Waals surface area contributed by atoms with Crippen LogP contribution in [0, 0.1) is 0 Å². The summed E-state index contributed by atoms with van der Waals surface area (Å²) in [6, 6.07) is 22.0. The minimum absolute atomic E-state index is 0.277. The lowest BCUT2D eigenvalue weighted by molar-refractivity contribution is 0.102. The van der Waals surface area contributed by atoms with Gasteiger partial charge in [-0.3, -0.25) is 9.78 Å². The van der Waals surface area contributed by atoms with E-state index in [4.69, 9.17) is 23.7 Å². The van der Waals surface area contributed by atoms with Gasteiger partial charge in [-0.15, -0.1) is 0 Å². The molecule has 0 unspecified atom stereocenters. The maximum atomic E-state index is 12.9. The van der Waals surface area contributed by atoms with Crippen molar-refractivity contribution in [2.75, 3.05) is 33.8 Å². The lowest BCUT2D eigenvalue weighted by Crippen LogP contribution is -2.13. The van der Waals surface area contributed by atoms with E-state index in [1.54, 1.807) is 45.7 Å². The van der Waals surface area contributed by atoms with Crippen LogP contribution < -0.4 is 29.0 Å². The van der Waals surface area contributed by atoms with Crippen LogP contribution in [0.4, 0.5) is 5.69 Å². The van der Waals surface area contributed by atoms with Crippen LogP contribution in [0.3, 0.4) is 0 Å². The zero-order valence-corrected chi connectivity index (χ0v) is 21.4. The van der Waals surface area contributed by atoms with E-state index in [1.165, 1.54) is 7.11 Å². The molecule has 0 aliphatic rings. The zero-order valence-electron chi connectivity index (χ0n) is 21.4. The smallest absolute Gasteiger partial charge is 0.259 e. The summed E-state index contributed by atoms with van der Waals surface area (Å²) in [4.78, 5) is 17.3. The number of methoxy groups -OCH3 is 4. The standard InChI is InChI=1S/C30H26N2O6/c1-34-21-9-10-23(27(15-21)35-2)30(33)32-20-7-5-19-14-22(8-6-18(19)13-20)38-26-11-12-31-25-17-29(37-4)28(36-3)16-24(25)26/h5-17H,1-4H3,(H,32,33). The average Bonchev–Trinajstić information content (AvgIpc) is 2.96. The maximum absolute atomic E-state index is 12.9. The molecule has 0 bridgehead atoms. The van der Waals surface area contributed by atoms with E-state index in [9.17, 15) is 4.79 Å². The molecule has 0 aliphatic carbocycles. The number of benzene rings is 4. The number of ether oxygens (including phenoxy) is 5. The van der Waals surface area contributed by atoms with Crippen LogP contribution in [0.1, 0.15) is 10.4 Å². The van der Waals surface area contributed by atoms with Crippen molar-refractivity contribution >= 4 is 33.3 Å². The number of nitrogens with one attached hydrogen (secondary N) is 1. The Kier molecular flexibility index (Phi) is 6.86. The summed E-state index contributed by atoms with van der Waals surface area (Å²) in [7, 11) is 6.26. The summed E-state index contributed by atoms with van der Waals surface area (Å²) < 4.78 is 27.6. The van der Waals surface area contributed by atoms with Crippen molar-refractivity contribution in [2.24, 2.45) is 0 Å². The SMILES string of the molecule is COc1ccc(C(=O)Nc2ccc3cc(Oc4ccnc5cc(OC)c(OC)cc45)ccc3c2)c(OC)c1. The first-order valence-corrected chi connectivity index (χ1v) is 11.8. The number of hydrogen-bond acceptors (Lipinski definition) is 7. The molecule has 38 heavy (non-hydrogen) atoms. The Morgan fingerprint density at radius 3 is 2.13 bits per heavy atom. The van der Waals surface area contributed by atoms with E-state index in [0.717, 1.165) is 21.7 Å². The van der Waals surface area contributed by atoms with Crippen LogP contribution in [-0.4, -0.2) is 39.3 Å². The summed E-state index contributed by atoms with van der Waals surface area (Å²) in [5.74, 6) is 3.28. The maximum Gasteiger partial charge on any atom is 0.259 e. The van der Waals surface area contributed by atoms with E-state index < -0.39 is 0 Å². The third-order valence-corrected chi connectivity index (χ3v) is 6.16. The second-order valence-corrected chi connectivity index (χ2v) is 8.38. The Morgan fingerprint density at radius 1 is 0.658 bits per heavy atom. The molecule has 192 valence electrons. The molecule has 5 aromatic rings. The fourth-order valence-corrected chi connectivity index (χ4v) is 4.21. The van der Waals surface area contributed by atoms with Gasteiger partial charge in [0.2, 0.25) is 0 Å². The van der Waals surface area contributed by atoms with Gasteiger partial charge >= 0.3 is 0 Å². The van der Waals surface area contributed by atoms with Gasteiger partial charge in [0.1, 0.15) is 23.0 Å². The van der Waals surface area contributed by atoms with Gasteiger partial charge in [0, 0.05) is 29.4 Å². The van der Waals surface area contributed by atoms with Crippen LogP contribution in [0.5, 0.6) is 34.5 Å². The second-order valence-electron chi connectivity index (χ2n) is 8.38. The number of carbonyl (C=O) groups is 1. The van der Waals surface area contributed by atoms with Crippen molar-refractivity contribution < 1.29 is 28.5 Å². The first kappa shape index (κ1) is 24.7. The van der Waals surface area contributed by atoms with E-state index in [0.29, 0.717) is 45.7 Å². The van der Waals surface area contributed by atoms with E-state index in [2.05, 4.69) is 10.3 Å². The molecular formula is C30H26N2O6. The first-order chi connectivity index (χ1) is 18.5. The second kappa shape index (κ2) is 10.6. The molecule has 0 saturated heterocycles. The minimum atomic E-state index is -0.277. The van der Waals surface area contributed by atoms with Crippen LogP contribution >= 0.6 is 0 Å². The topological polar surface area (TPSA) is 88.1 Å². The molecule has 1 amide bonds. The van der Waals surface area contributed by atoms with Crippen LogP contribution in [0.25, 0.3) is 21.7 Å². The monoisotopic (exact) mass is 510 g/mol. The molecule has 8 nitrogen and oxygen atoms in total. The third-order valence-electron chi connectivity index (χ3n) is 6.16. The van der Waals surface area contributed by atoms with E-state index >= 15 is 0 Å². The summed E-state index contributed by atoms with van der Waals surface area (Å²) in [5, 5.41) is 5.65. The molecule has 0 fully saturated rings. The van der Waals surface area contributed by atoms with Crippen LogP contribution in [0.2, 0.25) is 0 Å². The zero-order chi connectivity index (χ0) is 26.6. The molecule has 0 aliphatic heterocycles. The molecule has 0 radical (unpaired) electrons. The molecule has 4 aromatic carbocycles. The van der Waals surface area contributed by atoms with Gasteiger partial charge in [0.05, 0.1) is 39.5 Å². The van der Waals surface area contributed by atoms with Crippen molar-refractivity contribution in [1.82, 2.24) is 4.98 Å². The Balaban J connectivity index is 1.39. The number of hydrogen-bond donors (Lipinski definition) is 1. The van der Waals surface area contributed by atoms with Crippen molar-refractivity contribution in [1.29, 1.82) is 0 Å². The molecule has 0 saturated carbocycles. The fraction of sp³-hybridized carbons (Fsp3) is 0.133. The number of carbonyl (C=O) groups excluding carboxylic acids is 1. The number of aromatic nitrogens is 1. The van der Waals surface area contributed by atoms with Gasteiger partial charge in [-0.1, -0.05) is 12.1 Å². The number of pyridine rings is 1. The van der Waals surface area contributed by atoms with Crippen molar-refractivity contribution in [3.8, 4) is 34.5 Å². The third kappa shape index (κ3) is 4.84. The fourth-order valence-electron chi connectivity index (χ4n) is 4.21. The molecule has 0 atom stereocenters. The summed E-state index contributed by atoms with van der Waals surface area (Å²) in [6.07, 6.45) is 1.69. The molecule has 8 heteroatoms. The molecule has 1 aromatic heterocycles. The highest BCUT2D eigenvalue weighted by Gasteiger charge is 2.15. The van der Waals surface area contributed by atoms with Gasteiger partial charge in [0.15, 0.2) is 11.5 Å². The highest BCUT2D eigenvalue weighted by Crippen LogP contribution is 2.37. The van der Waals surface area contributed by atoms with Crippen molar-refractivity contribution in [3.63, 3.8) is 0 Å². The number of nitrogens with zero attached hydrogens (tertiary/aromatic N) is 1. The number of amides is 1. The predicted molar refractivity (Wildman–Crippen MR) is 146 cm³/mol. The van der Waals surface area contributed by atoms with Gasteiger partial charge in [-0.2, -0.15) is 0 Å². The highest BCUT2D eigenvalue weighted by atomic mass is 16.5.